The number of benzene rings is 1. The average molecular weight is 532 g/mol. The Morgan fingerprint density at radius 1 is 0.925 bits per heavy atom. The molecule has 0 spiro atoms. The maximum Gasteiger partial charge on any atom is 0.164 e. The highest BCUT2D eigenvalue weighted by Crippen LogP contribution is 2.30. The molecule has 5 heterocycles. The van der Waals surface area contributed by atoms with Gasteiger partial charge in [-0.1, -0.05) is 12.1 Å². The molecule has 2 N–H and O–H groups in total. The summed E-state index contributed by atoms with van der Waals surface area (Å²) in [5, 5.41) is 8.38. The Hall–Kier alpha value is -4.98. The minimum Gasteiger partial charge on any atom is -0.383 e. The number of nitrogens with two attached hydrogens (primary N) is 1. The number of piperazine rings is 1. The van der Waals surface area contributed by atoms with E-state index in [2.05, 4.69) is 60.6 Å². The molecular weight excluding hydrogens is 502 g/mol. The van der Waals surface area contributed by atoms with Crippen LogP contribution < -0.4 is 5.73 Å². The van der Waals surface area contributed by atoms with Crippen LogP contribution in [0.3, 0.4) is 0 Å². The molecule has 1 aliphatic heterocycles. The van der Waals surface area contributed by atoms with Crippen LogP contribution in [0.25, 0.3) is 28.2 Å². The van der Waals surface area contributed by atoms with Crippen LogP contribution in [-0.4, -0.2) is 73.8 Å². The van der Waals surface area contributed by atoms with Crippen molar-refractivity contribution in [2.45, 2.75) is 6.54 Å². The van der Waals surface area contributed by atoms with Crippen molar-refractivity contribution in [3.63, 3.8) is 0 Å². The van der Waals surface area contributed by atoms with Crippen molar-refractivity contribution in [2.75, 3.05) is 39.0 Å². The highest BCUT2D eigenvalue weighted by molar-refractivity contribution is 5.82. The Balaban J connectivity index is 0.000000274. The number of imidazole rings is 1. The molecule has 1 aliphatic rings. The summed E-state index contributed by atoms with van der Waals surface area (Å²) in [7, 11) is 2.18. The third-order valence-corrected chi connectivity index (χ3v) is 6.76. The number of fused-ring (bicyclic) bond motifs is 1. The molecule has 0 amide bonds. The van der Waals surface area contributed by atoms with E-state index in [1.54, 1.807) is 30.6 Å². The Morgan fingerprint density at radius 2 is 1.62 bits per heavy atom. The summed E-state index contributed by atoms with van der Waals surface area (Å²) in [6.07, 6.45) is 5.58. The van der Waals surface area contributed by atoms with Crippen molar-refractivity contribution in [1.29, 1.82) is 5.26 Å². The van der Waals surface area contributed by atoms with Crippen LogP contribution in [0, 0.1) is 11.3 Å². The minimum absolute atomic E-state index is 0.178. The third kappa shape index (κ3) is 5.86. The van der Waals surface area contributed by atoms with Crippen molar-refractivity contribution in [1.82, 2.24) is 34.3 Å². The zero-order chi connectivity index (χ0) is 27.9. The zero-order valence-corrected chi connectivity index (χ0v) is 22.2. The first kappa shape index (κ1) is 26.6. The molecule has 10 heteroatoms. The van der Waals surface area contributed by atoms with Gasteiger partial charge in [0.05, 0.1) is 11.1 Å². The number of hydrogen-bond acceptors (Lipinski definition) is 9. The highest BCUT2D eigenvalue weighted by atomic mass is 16.1. The van der Waals surface area contributed by atoms with Gasteiger partial charge < -0.3 is 10.6 Å². The van der Waals surface area contributed by atoms with E-state index in [4.69, 9.17) is 16.0 Å². The van der Waals surface area contributed by atoms with E-state index in [1.165, 1.54) is 11.8 Å². The number of nitrogens with zero attached hydrogens (tertiary/aromatic N) is 8. The molecule has 10 nitrogen and oxygen atoms in total. The van der Waals surface area contributed by atoms with Gasteiger partial charge in [0.1, 0.15) is 17.4 Å². The summed E-state index contributed by atoms with van der Waals surface area (Å²) in [5.41, 5.74) is 11.4. The zero-order valence-electron chi connectivity index (χ0n) is 22.2. The summed E-state index contributed by atoms with van der Waals surface area (Å²) in [6.45, 7) is 5.44. The van der Waals surface area contributed by atoms with Crippen molar-refractivity contribution in [3.05, 3.63) is 96.1 Å². The number of likely N-dealkylation sites (N-methyl/N-ethyl adjacent to an activating group) is 1. The van der Waals surface area contributed by atoms with Gasteiger partial charge in [0.2, 0.25) is 0 Å². The van der Waals surface area contributed by atoms with Gasteiger partial charge in [-0.15, -0.1) is 0 Å². The molecule has 0 bridgehead atoms. The number of nitriles is 1. The lowest BCUT2D eigenvalue weighted by Gasteiger charge is -2.32. The molecule has 6 rings (SSSR count). The third-order valence-electron chi connectivity index (χ3n) is 6.76. The average Bonchev–Trinajstić information content (AvgIpc) is 3.38. The molecule has 0 radical (unpaired) electrons. The fraction of sp³-hybridized carbons (Fsp3) is 0.200. The van der Waals surface area contributed by atoms with E-state index >= 15 is 0 Å². The number of carbonyl (C=O) groups is 1. The number of aromatic nitrogens is 5. The summed E-state index contributed by atoms with van der Waals surface area (Å²) in [5.74, 6) is 1.21. The molecule has 40 heavy (non-hydrogen) atoms. The smallest absolute Gasteiger partial charge is 0.164 e. The summed E-state index contributed by atoms with van der Waals surface area (Å²) >= 11 is 0. The second-order valence-electron chi connectivity index (χ2n) is 9.47. The molecule has 0 unspecified atom stereocenters. The molecule has 200 valence electrons. The number of aldehydes is 1. The van der Waals surface area contributed by atoms with Crippen LogP contribution in [0.5, 0.6) is 0 Å². The van der Waals surface area contributed by atoms with E-state index in [-0.39, 0.29) is 5.69 Å². The molecule has 0 aliphatic carbocycles. The standard InChI is InChI=1S/C23H25N7.C7H4N2O/c1-28-12-14-29(15-13-28)16-17-6-8-18(9-7-17)30-22(19-4-2-10-25-21(19)24)27-20-5-3-11-26-23(20)30;8-4-7-6(5-10)2-1-3-9-7/h2-11H,12-16H2,1H3,(H2,24,25);1-3,5H. The Labute approximate surface area is 232 Å². The van der Waals surface area contributed by atoms with Gasteiger partial charge in [-0.05, 0) is 61.1 Å². The topological polar surface area (TPSA) is 130 Å². The normalized spacial score (nSPS) is 13.8. The van der Waals surface area contributed by atoms with E-state index in [1.807, 2.05) is 24.3 Å². The predicted molar refractivity (Wildman–Crippen MR) is 154 cm³/mol. The lowest BCUT2D eigenvalue weighted by Crippen LogP contribution is -2.43. The fourth-order valence-corrected chi connectivity index (χ4v) is 4.57. The van der Waals surface area contributed by atoms with Gasteiger partial charge in [0.15, 0.2) is 23.5 Å². The first-order chi connectivity index (χ1) is 19.6. The SMILES string of the molecule is CN1CCN(Cc2ccc(-n3c(-c4cccnc4N)nc4cccnc43)cc2)CC1.N#Cc1ncccc1C=O. The highest BCUT2D eigenvalue weighted by Gasteiger charge is 2.18. The largest absolute Gasteiger partial charge is 0.383 e. The molecule has 1 aromatic carbocycles. The molecule has 4 aromatic heterocycles. The number of carbonyl (C=O) groups excluding carboxylic acids is 1. The van der Waals surface area contributed by atoms with E-state index in [0.717, 1.165) is 61.0 Å². The molecule has 0 saturated carbocycles. The van der Waals surface area contributed by atoms with Gasteiger partial charge in [-0.3, -0.25) is 14.3 Å². The second-order valence-corrected chi connectivity index (χ2v) is 9.47. The van der Waals surface area contributed by atoms with Crippen molar-refractivity contribution in [3.8, 4) is 23.1 Å². The lowest BCUT2D eigenvalue weighted by molar-refractivity contribution is 0.112. The molecule has 0 atom stereocenters. The predicted octanol–water partition coefficient (Wildman–Crippen LogP) is 3.58. The molecular formula is C30H29N9O. The van der Waals surface area contributed by atoms with E-state index in [9.17, 15) is 4.79 Å². The first-order valence-electron chi connectivity index (χ1n) is 12.9. The van der Waals surface area contributed by atoms with Crippen LogP contribution in [0.1, 0.15) is 21.6 Å². The summed E-state index contributed by atoms with van der Waals surface area (Å²) in [4.78, 5) is 32.4. The van der Waals surface area contributed by atoms with Crippen LogP contribution in [-0.2, 0) is 6.54 Å². The van der Waals surface area contributed by atoms with Crippen LogP contribution in [0.4, 0.5) is 5.82 Å². The van der Waals surface area contributed by atoms with Gasteiger partial charge in [-0.25, -0.2) is 19.9 Å². The van der Waals surface area contributed by atoms with Crippen molar-refractivity contribution >= 4 is 23.3 Å². The number of nitrogen functional groups attached to an aromatic ring is 1. The van der Waals surface area contributed by atoms with Gasteiger partial charge >= 0.3 is 0 Å². The summed E-state index contributed by atoms with van der Waals surface area (Å²) < 4.78 is 2.06. The molecule has 1 fully saturated rings. The number of anilines is 1. The molecule has 1 saturated heterocycles. The Kier molecular flexibility index (Phi) is 8.15. The van der Waals surface area contributed by atoms with Crippen LogP contribution in [0.2, 0.25) is 0 Å². The monoisotopic (exact) mass is 531 g/mol. The number of hydrogen-bond donors (Lipinski definition) is 1. The fourth-order valence-electron chi connectivity index (χ4n) is 4.57. The second kappa shape index (κ2) is 12.3. The van der Waals surface area contributed by atoms with E-state index < -0.39 is 0 Å². The van der Waals surface area contributed by atoms with Crippen LogP contribution >= 0.6 is 0 Å². The Bertz CT molecular complexity index is 1650. The van der Waals surface area contributed by atoms with Crippen LogP contribution in [0.15, 0.2) is 79.3 Å². The number of rotatable bonds is 5. The summed E-state index contributed by atoms with van der Waals surface area (Å²) in [6, 6.07) is 21.3. The maximum absolute atomic E-state index is 10.2. The number of pyridine rings is 3. The lowest BCUT2D eigenvalue weighted by atomic mass is 10.1. The molecule has 5 aromatic rings. The van der Waals surface area contributed by atoms with Gasteiger partial charge in [0.25, 0.3) is 0 Å². The van der Waals surface area contributed by atoms with Gasteiger partial charge in [0, 0.05) is 57.0 Å². The first-order valence-corrected chi connectivity index (χ1v) is 12.9. The van der Waals surface area contributed by atoms with Gasteiger partial charge in [-0.2, -0.15) is 5.26 Å². The van der Waals surface area contributed by atoms with Crippen molar-refractivity contribution in [2.24, 2.45) is 0 Å². The quantitative estimate of drug-likeness (QED) is 0.338. The maximum atomic E-state index is 10.2. The van der Waals surface area contributed by atoms with E-state index in [0.29, 0.717) is 17.7 Å². The minimum atomic E-state index is 0.178. The Morgan fingerprint density at radius 3 is 2.33 bits per heavy atom. The van der Waals surface area contributed by atoms with Crippen molar-refractivity contribution < 1.29 is 4.79 Å².